The van der Waals surface area contributed by atoms with Gasteiger partial charge >= 0.3 is 0 Å². The standard InChI is InChI=1S/C24H22Br2N2O5S/c1-32-19-10-16(18(26)12-20(19)33-14-15-4-6-17(25)7-5-15)11-21-23(30)28(24(31)34-21)13-22(29)27-8-2-3-9-27/h4-7,10-12H,2-3,8-9,13-14H2,1H3/b21-11+. The molecule has 0 spiro atoms. The van der Waals surface area contributed by atoms with Gasteiger partial charge in [-0.1, -0.05) is 44.0 Å². The van der Waals surface area contributed by atoms with Gasteiger partial charge in [0.15, 0.2) is 11.5 Å². The van der Waals surface area contributed by atoms with Crippen molar-refractivity contribution >= 4 is 66.8 Å². The van der Waals surface area contributed by atoms with E-state index in [0.717, 1.165) is 39.5 Å². The molecule has 0 radical (unpaired) electrons. The number of imide groups is 1. The molecule has 10 heteroatoms. The first-order valence-corrected chi connectivity index (χ1v) is 13.0. The van der Waals surface area contributed by atoms with E-state index in [-0.39, 0.29) is 17.4 Å². The van der Waals surface area contributed by atoms with Crippen molar-refractivity contribution in [1.82, 2.24) is 9.80 Å². The number of halogens is 2. The van der Waals surface area contributed by atoms with Crippen LogP contribution in [0, 0.1) is 0 Å². The van der Waals surface area contributed by atoms with Crippen LogP contribution in [-0.2, 0) is 16.2 Å². The number of hydrogen-bond donors (Lipinski definition) is 0. The van der Waals surface area contributed by atoms with Crippen LogP contribution in [0.5, 0.6) is 11.5 Å². The number of hydrogen-bond acceptors (Lipinski definition) is 6. The molecule has 4 rings (SSSR count). The second-order valence-electron chi connectivity index (χ2n) is 7.80. The monoisotopic (exact) mass is 608 g/mol. The third kappa shape index (κ3) is 5.67. The summed E-state index contributed by atoms with van der Waals surface area (Å²) in [5, 5.41) is -0.443. The maximum Gasteiger partial charge on any atom is 0.294 e. The fourth-order valence-electron chi connectivity index (χ4n) is 3.65. The van der Waals surface area contributed by atoms with Gasteiger partial charge in [-0.05, 0) is 66.1 Å². The topological polar surface area (TPSA) is 76.2 Å². The summed E-state index contributed by atoms with van der Waals surface area (Å²) >= 11 is 7.76. The summed E-state index contributed by atoms with van der Waals surface area (Å²) in [7, 11) is 1.54. The zero-order valence-electron chi connectivity index (χ0n) is 18.4. The number of benzene rings is 2. The molecule has 2 aliphatic heterocycles. The van der Waals surface area contributed by atoms with Crippen LogP contribution in [0.15, 0.2) is 50.2 Å². The van der Waals surface area contributed by atoms with Gasteiger partial charge in [-0.2, -0.15) is 0 Å². The van der Waals surface area contributed by atoms with E-state index in [1.807, 2.05) is 24.3 Å². The maximum absolute atomic E-state index is 12.9. The van der Waals surface area contributed by atoms with Gasteiger partial charge in [0, 0.05) is 22.0 Å². The summed E-state index contributed by atoms with van der Waals surface area (Å²) in [6, 6.07) is 11.3. The lowest BCUT2D eigenvalue weighted by molar-refractivity contribution is -0.135. The van der Waals surface area contributed by atoms with E-state index >= 15 is 0 Å². The fraction of sp³-hybridized carbons (Fsp3) is 0.292. The lowest BCUT2D eigenvalue weighted by Crippen LogP contribution is -2.40. The summed E-state index contributed by atoms with van der Waals surface area (Å²) in [5.74, 6) is 0.369. The molecule has 2 saturated heterocycles. The molecule has 0 aromatic heterocycles. The summed E-state index contributed by atoms with van der Waals surface area (Å²) in [6.07, 6.45) is 3.52. The first-order chi connectivity index (χ1) is 16.4. The Bertz CT molecular complexity index is 1150. The van der Waals surface area contributed by atoms with Gasteiger partial charge in [0.05, 0.1) is 12.0 Å². The van der Waals surface area contributed by atoms with Gasteiger partial charge in [0.1, 0.15) is 13.2 Å². The molecule has 0 saturated carbocycles. The lowest BCUT2D eigenvalue weighted by atomic mass is 10.1. The van der Waals surface area contributed by atoms with Crippen molar-refractivity contribution in [3.05, 3.63) is 61.4 Å². The average Bonchev–Trinajstić information content (AvgIpc) is 3.45. The summed E-state index contributed by atoms with van der Waals surface area (Å²) in [6.45, 7) is 1.48. The van der Waals surface area contributed by atoms with E-state index < -0.39 is 11.1 Å². The lowest BCUT2D eigenvalue weighted by Gasteiger charge is -2.18. The van der Waals surface area contributed by atoms with E-state index in [9.17, 15) is 14.4 Å². The summed E-state index contributed by atoms with van der Waals surface area (Å²) in [4.78, 5) is 40.7. The third-order valence-corrected chi connectivity index (χ3v) is 7.63. The van der Waals surface area contributed by atoms with Crippen LogP contribution in [0.1, 0.15) is 24.0 Å². The Morgan fingerprint density at radius 2 is 1.79 bits per heavy atom. The van der Waals surface area contributed by atoms with Crippen molar-refractivity contribution < 1.29 is 23.9 Å². The number of amides is 3. The molecule has 178 valence electrons. The molecule has 34 heavy (non-hydrogen) atoms. The largest absolute Gasteiger partial charge is 0.493 e. The van der Waals surface area contributed by atoms with Crippen molar-refractivity contribution in [3.63, 3.8) is 0 Å². The first-order valence-electron chi connectivity index (χ1n) is 10.6. The Hall–Kier alpha value is -2.30. The van der Waals surface area contributed by atoms with Crippen molar-refractivity contribution in [2.24, 2.45) is 0 Å². The van der Waals surface area contributed by atoms with Crippen LogP contribution in [0.4, 0.5) is 4.79 Å². The maximum atomic E-state index is 12.9. The van der Waals surface area contributed by atoms with Crippen LogP contribution in [0.25, 0.3) is 6.08 Å². The number of rotatable bonds is 7. The second kappa shape index (κ2) is 11.0. The highest BCUT2D eigenvalue weighted by atomic mass is 79.9. The molecule has 0 bridgehead atoms. The number of likely N-dealkylation sites (tertiary alicyclic amines) is 1. The van der Waals surface area contributed by atoms with E-state index in [1.165, 1.54) is 7.11 Å². The molecule has 2 aliphatic rings. The highest BCUT2D eigenvalue weighted by molar-refractivity contribution is 9.10. The Morgan fingerprint density at radius 1 is 1.09 bits per heavy atom. The molecule has 2 aromatic rings. The van der Waals surface area contributed by atoms with Crippen LogP contribution < -0.4 is 9.47 Å². The second-order valence-corrected chi connectivity index (χ2v) is 10.6. The molecule has 0 N–H and O–H groups in total. The Balaban J connectivity index is 1.49. The van der Waals surface area contributed by atoms with Crippen LogP contribution in [0.2, 0.25) is 0 Å². The van der Waals surface area contributed by atoms with Gasteiger partial charge in [-0.25, -0.2) is 0 Å². The number of methoxy groups -OCH3 is 1. The van der Waals surface area contributed by atoms with E-state index in [4.69, 9.17) is 9.47 Å². The Morgan fingerprint density at radius 3 is 2.47 bits per heavy atom. The van der Waals surface area contributed by atoms with E-state index in [1.54, 1.807) is 23.1 Å². The number of carbonyl (C=O) groups excluding carboxylic acids is 3. The van der Waals surface area contributed by atoms with Crippen LogP contribution in [-0.4, -0.2) is 53.6 Å². The first kappa shape index (κ1) is 24.8. The molecule has 2 heterocycles. The van der Waals surface area contributed by atoms with Crippen molar-refractivity contribution in [2.75, 3.05) is 26.7 Å². The number of thioether (sulfide) groups is 1. The molecule has 3 amide bonds. The molecular weight excluding hydrogens is 588 g/mol. The van der Waals surface area contributed by atoms with Gasteiger partial charge in [0.25, 0.3) is 11.1 Å². The zero-order valence-corrected chi connectivity index (χ0v) is 22.4. The highest BCUT2D eigenvalue weighted by Crippen LogP contribution is 2.38. The predicted molar refractivity (Wildman–Crippen MR) is 138 cm³/mol. The molecule has 2 aromatic carbocycles. The van der Waals surface area contributed by atoms with Crippen LogP contribution in [0.3, 0.4) is 0 Å². The van der Waals surface area contributed by atoms with Gasteiger partial charge in [0.2, 0.25) is 5.91 Å². The summed E-state index contributed by atoms with van der Waals surface area (Å²) < 4.78 is 13.1. The minimum Gasteiger partial charge on any atom is -0.493 e. The highest BCUT2D eigenvalue weighted by Gasteiger charge is 2.37. The molecule has 2 fully saturated rings. The van der Waals surface area contributed by atoms with Gasteiger partial charge in [-0.15, -0.1) is 0 Å². The third-order valence-electron chi connectivity index (χ3n) is 5.50. The SMILES string of the molecule is COc1cc(/C=C2/SC(=O)N(CC(=O)N3CCCC3)C2=O)c(Br)cc1OCc1ccc(Br)cc1. The Kier molecular flexibility index (Phi) is 8.00. The molecule has 7 nitrogen and oxygen atoms in total. The summed E-state index contributed by atoms with van der Waals surface area (Å²) in [5.41, 5.74) is 1.66. The predicted octanol–water partition coefficient (Wildman–Crippen LogP) is 5.46. The van der Waals surface area contributed by atoms with Gasteiger partial charge in [-0.3, -0.25) is 19.3 Å². The number of ether oxygens (including phenoxy) is 2. The van der Waals surface area contributed by atoms with E-state index in [0.29, 0.717) is 41.2 Å². The molecular formula is C24H22Br2N2O5S. The smallest absolute Gasteiger partial charge is 0.294 e. The number of nitrogens with zero attached hydrogens (tertiary/aromatic N) is 2. The molecule has 0 unspecified atom stereocenters. The quantitative estimate of drug-likeness (QED) is 0.388. The molecule has 0 aliphatic carbocycles. The average molecular weight is 610 g/mol. The normalized spacial score (nSPS) is 17.1. The fourth-order valence-corrected chi connectivity index (χ4v) is 5.19. The van der Waals surface area contributed by atoms with Gasteiger partial charge < -0.3 is 14.4 Å². The van der Waals surface area contributed by atoms with Crippen molar-refractivity contribution in [2.45, 2.75) is 19.4 Å². The Labute approximate surface area is 218 Å². The van der Waals surface area contributed by atoms with Crippen molar-refractivity contribution in [3.8, 4) is 11.5 Å². The number of carbonyl (C=O) groups is 3. The van der Waals surface area contributed by atoms with Crippen molar-refractivity contribution in [1.29, 1.82) is 0 Å². The van der Waals surface area contributed by atoms with E-state index in [2.05, 4.69) is 31.9 Å². The van der Waals surface area contributed by atoms with Crippen LogP contribution >= 0.6 is 43.6 Å². The zero-order chi connectivity index (χ0) is 24.2. The molecule has 0 atom stereocenters. The minimum atomic E-state index is -0.469. The minimum absolute atomic E-state index is 0.198.